The normalized spacial score (nSPS) is 12.5. The Kier molecular flexibility index (Phi) is 4.00. The van der Waals surface area contributed by atoms with Crippen molar-refractivity contribution in [2.45, 2.75) is 11.8 Å². The summed E-state index contributed by atoms with van der Waals surface area (Å²) in [5.74, 6) is -0.239. The van der Waals surface area contributed by atoms with E-state index in [1.807, 2.05) is 0 Å². The first-order chi connectivity index (χ1) is 8.08. The van der Waals surface area contributed by atoms with Crippen LogP contribution in [0.4, 0.5) is 4.39 Å². The van der Waals surface area contributed by atoms with E-state index in [9.17, 15) is 4.39 Å². The van der Waals surface area contributed by atoms with Gasteiger partial charge in [0.1, 0.15) is 5.82 Å². The molecule has 0 nitrogen and oxygen atoms in total. The van der Waals surface area contributed by atoms with Gasteiger partial charge in [0.05, 0.1) is 9.30 Å². The minimum Gasteiger partial charge on any atom is -0.206 e. The first-order valence-corrected chi connectivity index (χ1v) is 6.94. The summed E-state index contributed by atoms with van der Waals surface area (Å²) in [6, 6.07) is 13.4. The monoisotopic (exact) mass is 356 g/mol. The number of hydrogen-bond acceptors (Lipinski definition) is 0. The van der Waals surface area contributed by atoms with Gasteiger partial charge >= 0.3 is 0 Å². The molecule has 88 valence electrons. The number of alkyl halides is 1. The minimum atomic E-state index is -0.239. The number of hydrogen-bond donors (Lipinski definition) is 0. The topological polar surface area (TPSA) is 0 Å². The van der Waals surface area contributed by atoms with Crippen LogP contribution in [0.1, 0.15) is 21.5 Å². The van der Waals surface area contributed by atoms with Crippen molar-refractivity contribution in [1.82, 2.24) is 0 Å². The number of benzene rings is 2. The van der Waals surface area contributed by atoms with Crippen molar-refractivity contribution < 1.29 is 4.39 Å². The van der Waals surface area contributed by atoms with Gasteiger partial charge in [-0.2, -0.15) is 0 Å². The van der Waals surface area contributed by atoms with E-state index in [0.717, 1.165) is 11.1 Å². The molecule has 2 aromatic carbocycles. The Hall–Kier alpha value is -0.670. The molecule has 0 fully saturated rings. The Morgan fingerprint density at radius 3 is 2.18 bits per heavy atom. The van der Waals surface area contributed by atoms with Gasteiger partial charge in [-0.3, -0.25) is 0 Å². The van der Waals surface area contributed by atoms with Crippen molar-refractivity contribution in [3.8, 4) is 0 Å². The molecule has 0 aliphatic heterocycles. The largest absolute Gasteiger partial charge is 0.206 e. The average molecular weight is 358 g/mol. The van der Waals surface area contributed by atoms with Crippen molar-refractivity contribution in [2.75, 3.05) is 0 Å². The fraction of sp³-hybridized carbons (Fsp3) is 0.143. The second-order valence-corrected chi connectivity index (χ2v) is 5.72. The standard InChI is InChI=1S/C14H11Br2F/c1-9-2-4-10(5-3-9)14(16)11-6-7-13(17)12(15)8-11/h2-8,14H,1H3. The average Bonchev–Trinajstić information content (AvgIpc) is 2.33. The quantitative estimate of drug-likeness (QED) is 0.633. The summed E-state index contributed by atoms with van der Waals surface area (Å²) in [7, 11) is 0. The van der Waals surface area contributed by atoms with Crippen molar-refractivity contribution >= 4 is 31.9 Å². The van der Waals surface area contributed by atoms with Crippen LogP contribution in [0.3, 0.4) is 0 Å². The lowest BCUT2D eigenvalue weighted by Gasteiger charge is -2.11. The minimum absolute atomic E-state index is 0.0833. The number of rotatable bonds is 2. The van der Waals surface area contributed by atoms with Crippen LogP contribution in [0.25, 0.3) is 0 Å². The zero-order valence-electron chi connectivity index (χ0n) is 9.25. The Morgan fingerprint density at radius 1 is 1.00 bits per heavy atom. The molecule has 2 rings (SSSR count). The molecule has 0 bridgehead atoms. The summed E-state index contributed by atoms with van der Waals surface area (Å²) in [5, 5.41) is 0. The predicted molar refractivity (Wildman–Crippen MR) is 76.0 cm³/mol. The van der Waals surface area contributed by atoms with Crippen LogP contribution < -0.4 is 0 Å². The van der Waals surface area contributed by atoms with Crippen LogP contribution >= 0.6 is 31.9 Å². The van der Waals surface area contributed by atoms with Crippen molar-refractivity contribution in [1.29, 1.82) is 0 Å². The Morgan fingerprint density at radius 2 is 1.59 bits per heavy atom. The third-order valence-electron chi connectivity index (χ3n) is 2.61. The Balaban J connectivity index is 2.33. The van der Waals surface area contributed by atoms with Gasteiger partial charge in [0, 0.05) is 0 Å². The van der Waals surface area contributed by atoms with Crippen LogP contribution in [0.2, 0.25) is 0 Å². The van der Waals surface area contributed by atoms with Gasteiger partial charge in [-0.15, -0.1) is 0 Å². The molecule has 0 saturated heterocycles. The molecule has 0 aromatic heterocycles. The maximum atomic E-state index is 13.2. The van der Waals surface area contributed by atoms with E-state index in [4.69, 9.17) is 0 Å². The fourth-order valence-electron chi connectivity index (χ4n) is 1.60. The van der Waals surface area contributed by atoms with Gasteiger partial charge in [0.2, 0.25) is 0 Å². The maximum absolute atomic E-state index is 13.2. The number of aryl methyl sites for hydroxylation is 1. The maximum Gasteiger partial charge on any atom is 0.137 e. The smallest absolute Gasteiger partial charge is 0.137 e. The van der Waals surface area contributed by atoms with E-state index >= 15 is 0 Å². The lowest BCUT2D eigenvalue weighted by Crippen LogP contribution is -1.93. The Labute approximate surface area is 117 Å². The van der Waals surface area contributed by atoms with E-state index in [0.29, 0.717) is 4.47 Å². The molecule has 2 aromatic rings. The summed E-state index contributed by atoms with van der Waals surface area (Å²) < 4.78 is 13.6. The van der Waals surface area contributed by atoms with E-state index in [1.54, 1.807) is 12.1 Å². The van der Waals surface area contributed by atoms with Crippen molar-refractivity contribution in [3.63, 3.8) is 0 Å². The molecule has 17 heavy (non-hydrogen) atoms. The zero-order chi connectivity index (χ0) is 12.4. The summed E-state index contributed by atoms with van der Waals surface area (Å²) in [6.07, 6.45) is 0. The predicted octanol–water partition coefficient (Wildman–Crippen LogP) is 5.38. The zero-order valence-corrected chi connectivity index (χ0v) is 12.4. The van der Waals surface area contributed by atoms with E-state index in [-0.39, 0.29) is 10.6 Å². The third kappa shape index (κ3) is 2.96. The summed E-state index contributed by atoms with van der Waals surface area (Å²) >= 11 is 6.84. The van der Waals surface area contributed by atoms with Crippen LogP contribution in [0.15, 0.2) is 46.9 Å². The summed E-state index contributed by atoms with van der Waals surface area (Å²) in [4.78, 5) is 0.0833. The molecule has 0 aliphatic carbocycles. The van der Waals surface area contributed by atoms with Crippen LogP contribution in [0.5, 0.6) is 0 Å². The highest BCUT2D eigenvalue weighted by Gasteiger charge is 2.11. The second kappa shape index (κ2) is 5.32. The highest BCUT2D eigenvalue weighted by Crippen LogP contribution is 2.32. The van der Waals surface area contributed by atoms with Crippen LogP contribution in [-0.4, -0.2) is 0 Å². The summed E-state index contributed by atoms with van der Waals surface area (Å²) in [5.41, 5.74) is 3.42. The molecule has 1 unspecified atom stereocenters. The first-order valence-electron chi connectivity index (χ1n) is 5.23. The molecule has 0 saturated carbocycles. The molecular weight excluding hydrogens is 347 g/mol. The SMILES string of the molecule is Cc1ccc(C(Br)c2ccc(F)c(Br)c2)cc1. The second-order valence-electron chi connectivity index (χ2n) is 3.95. The van der Waals surface area contributed by atoms with Gasteiger partial charge in [-0.05, 0) is 46.1 Å². The van der Waals surface area contributed by atoms with Gasteiger partial charge in [-0.1, -0.05) is 51.8 Å². The van der Waals surface area contributed by atoms with E-state index in [2.05, 4.69) is 63.0 Å². The third-order valence-corrected chi connectivity index (χ3v) is 4.27. The van der Waals surface area contributed by atoms with E-state index < -0.39 is 0 Å². The molecule has 1 atom stereocenters. The number of halogens is 3. The lowest BCUT2D eigenvalue weighted by atomic mass is 10.0. The summed E-state index contributed by atoms with van der Waals surface area (Å²) in [6.45, 7) is 2.06. The van der Waals surface area contributed by atoms with Gasteiger partial charge in [0.25, 0.3) is 0 Å². The van der Waals surface area contributed by atoms with Crippen molar-refractivity contribution in [2.24, 2.45) is 0 Å². The fourth-order valence-corrected chi connectivity index (χ4v) is 2.58. The highest BCUT2D eigenvalue weighted by molar-refractivity contribution is 9.10. The highest BCUT2D eigenvalue weighted by atomic mass is 79.9. The molecule has 0 radical (unpaired) electrons. The molecule has 0 heterocycles. The first kappa shape index (κ1) is 12.8. The molecule has 3 heteroatoms. The van der Waals surface area contributed by atoms with Gasteiger partial charge in [0.15, 0.2) is 0 Å². The molecule has 0 N–H and O–H groups in total. The molecule has 0 aliphatic rings. The lowest BCUT2D eigenvalue weighted by molar-refractivity contribution is 0.620. The van der Waals surface area contributed by atoms with Gasteiger partial charge in [-0.25, -0.2) is 4.39 Å². The molecular formula is C14H11Br2F. The Bertz CT molecular complexity index is 520. The van der Waals surface area contributed by atoms with E-state index in [1.165, 1.54) is 11.6 Å². The van der Waals surface area contributed by atoms with Crippen LogP contribution in [0, 0.1) is 12.7 Å². The van der Waals surface area contributed by atoms with Gasteiger partial charge < -0.3 is 0 Å². The van der Waals surface area contributed by atoms with Crippen molar-refractivity contribution in [3.05, 3.63) is 69.4 Å². The molecule has 0 spiro atoms. The molecule has 0 amide bonds. The van der Waals surface area contributed by atoms with Crippen LogP contribution in [-0.2, 0) is 0 Å².